The van der Waals surface area contributed by atoms with Crippen molar-refractivity contribution in [2.24, 2.45) is 0 Å². The molecule has 8 heteroatoms. The quantitative estimate of drug-likeness (QED) is 0.315. The van der Waals surface area contributed by atoms with E-state index in [0.29, 0.717) is 16.8 Å². The molecule has 0 saturated heterocycles. The van der Waals surface area contributed by atoms with Gasteiger partial charge in [-0.25, -0.2) is 0 Å². The number of rotatable bonds is 6. The summed E-state index contributed by atoms with van der Waals surface area (Å²) in [6, 6.07) is 21.4. The molecule has 0 aliphatic heterocycles. The van der Waals surface area contributed by atoms with Crippen LogP contribution in [0.25, 0.3) is 0 Å². The predicted molar refractivity (Wildman–Crippen MR) is 108 cm³/mol. The number of methoxy groups -OCH3 is 2. The second-order valence-corrected chi connectivity index (χ2v) is 9.13. The van der Waals surface area contributed by atoms with Crippen LogP contribution in [0.15, 0.2) is 77.7 Å². The van der Waals surface area contributed by atoms with Crippen molar-refractivity contribution in [3.05, 3.63) is 72.8 Å². The number of hydrogen-bond donors (Lipinski definition) is 1. The van der Waals surface area contributed by atoms with Gasteiger partial charge in [-0.05, 0) is 26.1 Å². The maximum atomic E-state index is 12.0. The Morgan fingerprint density at radius 1 is 0.714 bits per heavy atom. The SMILES string of the molecule is COc1ccccc1P(c1ccccc1OC)c1ccccc1S(=O)(=O)O.[Pd]. The number of hydrogen-bond acceptors (Lipinski definition) is 4. The van der Waals surface area contributed by atoms with Crippen molar-refractivity contribution in [2.45, 2.75) is 4.90 Å². The van der Waals surface area contributed by atoms with E-state index in [2.05, 4.69) is 0 Å². The van der Waals surface area contributed by atoms with Crippen molar-refractivity contribution in [1.29, 1.82) is 0 Å². The third-order valence-corrected chi connectivity index (χ3v) is 7.67. The first-order valence-electron chi connectivity index (χ1n) is 8.10. The molecule has 0 amide bonds. The summed E-state index contributed by atoms with van der Waals surface area (Å²) >= 11 is 0. The number of para-hydroxylation sites is 2. The van der Waals surface area contributed by atoms with Gasteiger partial charge in [-0.1, -0.05) is 54.6 Å². The molecule has 5 nitrogen and oxygen atoms in total. The Balaban J connectivity index is 0.00000280. The van der Waals surface area contributed by atoms with E-state index >= 15 is 0 Å². The van der Waals surface area contributed by atoms with Crippen molar-refractivity contribution < 1.29 is 42.9 Å². The van der Waals surface area contributed by atoms with Gasteiger partial charge in [0.15, 0.2) is 0 Å². The smallest absolute Gasteiger partial charge is 0.295 e. The summed E-state index contributed by atoms with van der Waals surface area (Å²) in [5.74, 6) is 1.28. The Kier molecular flexibility index (Phi) is 7.77. The minimum Gasteiger partial charge on any atom is -0.496 e. The molecule has 0 saturated carbocycles. The Morgan fingerprint density at radius 2 is 1.11 bits per heavy atom. The van der Waals surface area contributed by atoms with Gasteiger partial charge in [0.2, 0.25) is 0 Å². The van der Waals surface area contributed by atoms with Gasteiger partial charge in [-0.2, -0.15) is 8.42 Å². The first-order valence-corrected chi connectivity index (χ1v) is 10.9. The molecule has 0 aliphatic carbocycles. The van der Waals surface area contributed by atoms with Gasteiger partial charge in [0, 0.05) is 36.3 Å². The molecule has 3 aromatic rings. The summed E-state index contributed by atoms with van der Waals surface area (Å²) in [7, 11) is -2.63. The van der Waals surface area contributed by atoms with Crippen molar-refractivity contribution in [1.82, 2.24) is 0 Å². The molecular formula is C20H19O5PPdS. The van der Waals surface area contributed by atoms with Crippen LogP contribution < -0.4 is 25.4 Å². The zero-order valence-corrected chi connectivity index (χ0v) is 18.4. The first-order chi connectivity index (χ1) is 13.0. The Bertz CT molecular complexity index is 1010. The molecule has 0 heterocycles. The van der Waals surface area contributed by atoms with Crippen LogP contribution in [-0.2, 0) is 30.5 Å². The van der Waals surface area contributed by atoms with Crippen LogP contribution >= 0.6 is 7.92 Å². The van der Waals surface area contributed by atoms with Crippen molar-refractivity contribution in [3.63, 3.8) is 0 Å². The van der Waals surface area contributed by atoms with Crippen LogP contribution in [0.1, 0.15) is 0 Å². The fraction of sp³-hybridized carbons (Fsp3) is 0.100. The second-order valence-electron chi connectivity index (χ2n) is 5.62. The summed E-state index contributed by atoms with van der Waals surface area (Å²) in [4.78, 5) is -0.118. The molecule has 0 aliphatic rings. The molecule has 0 unspecified atom stereocenters. The van der Waals surface area contributed by atoms with E-state index in [9.17, 15) is 13.0 Å². The van der Waals surface area contributed by atoms with E-state index in [1.807, 2.05) is 48.5 Å². The molecule has 150 valence electrons. The molecule has 3 aromatic carbocycles. The minimum atomic E-state index is -4.40. The van der Waals surface area contributed by atoms with Crippen LogP contribution in [-0.4, -0.2) is 27.2 Å². The minimum absolute atomic E-state index is 0. The Labute approximate surface area is 179 Å². The first kappa shape index (κ1) is 22.6. The largest absolute Gasteiger partial charge is 0.496 e. The monoisotopic (exact) mass is 508 g/mol. The van der Waals surface area contributed by atoms with E-state index in [-0.39, 0.29) is 25.3 Å². The van der Waals surface area contributed by atoms with Gasteiger partial charge in [0.1, 0.15) is 16.4 Å². The standard InChI is InChI=1S/C20H19O5PS.Pd/c1-24-15-9-3-5-11-17(15)26(18-12-6-4-10-16(18)25-2)19-13-7-8-14-20(19)27(21,22)23;/h3-14H,1-2H3,(H,21,22,23);. The third kappa shape index (κ3) is 4.63. The third-order valence-electron chi connectivity index (χ3n) is 4.04. The van der Waals surface area contributed by atoms with Crippen LogP contribution in [0.5, 0.6) is 11.5 Å². The van der Waals surface area contributed by atoms with Crippen molar-refractivity contribution in [2.75, 3.05) is 14.2 Å². The van der Waals surface area contributed by atoms with Gasteiger partial charge < -0.3 is 9.47 Å². The average Bonchev–Trinajstić information content (AvgIpc) is 2.68. The van der Waals surface area contributed by atoms with Crippen LogP contribution in [0.3, 0.4) is 0 Å². The van der Waals surface area contributed by atoms with E-state index in [0.717, 1.165) is 10.6 Å². The van der Waals surface area contributed by atoms with Gasteiger partial charge in [-0.15, -0.1) is 0 Å². The molecule has 1 N–H and O–H groups in total. The Morgan fingerprint density at radius 3 is 1.54 bits per heavy atom. The fourth-order valence-electron chi connectivity index (χ4n) is 2.88. The normalized spacial score (nSPS) is 11.0. The fourth-order valence-corrected chi connectivity index (χ4v) is 6.63. The zero-order valence-electron chi connectivity index (χ0n) is 15.2. The summed E-state index contributed by atoms with van der Waals surface area (Å²) in [5.41, 5.74) is 0. The predicted octanol–water partition coefficient (Wildman–Crippen LogP) is 2.71. The van der Waals surface area contributed by atoms with Crippen molar-refractivity contribution >= 4 is 34.0 Å². The zero-order chi connectivity index (χ0) is 19.4. The molecule has 3 rings (SSSR count). The molecular weight excluding hydrogens is 490 g/mol. The molecule has 0 radical (unpaired) electrons. The Hall–Kier alpha value is -1.74. The maximum absolute atomic E-state index is 12.0. The molecule has 0 fully saturated rings. The van der Waals surface area contributed by atoms with Gasteiger partial charge in [-0.3, -0.25) is 4.55 Å². The van der Waals surface area contributed by atoms with E-state index in [1.165, 1.54) is 6.07 Å². The molecule has 0 bridgehead atoms. The summed E-state index contributed by atoms with van der Waals surface area (Å²) < 4.78 is 44.9. The number of ether oxygens (including phenoxy) is 2. The van der Waals surface area contributed by atoms with Gasteiger partial charge in [0.05, 0.1) is 14.2 Å². The van der Waals surface area contributed by atoms with Crippen molar-refractivity contribution in [3.8, 4) is 11.5 Å². The summed E-state index contributed by atoms with van der Waals surface area (Å²) in [6.07, 6.45) is 0. The van der Waals surface area contributed by atoms with Crippen LogP contribution in [0.4, 0.5) is 0 Å². The van der Waals surface area contributed by atoms with E-state index < -0.39 is 18.0 Å². The van der Waals surface area contributed by atoms with E-state index in [4.69, 9.17) is 9.47 Å². The average molecular weight is 509 g/mol. The van der Waals surface area contributed by atoms with Crippen LogP contribution in [0.2, 0.25) is 0 Å². The van der Waals surface area contributed by atoms with Crippen LogP contribution in [0, 0.1) is 0 Å². The molecule has 0 aromatic heterocycles. The molecule has 0 atom stereocenters. The van der Waals surface area contributed by atoms with E-state index in [1.54, 1.807) is 32.4 Å². The number of benzene rings is 3. The second kappa shape index (κ2) is 9.65. The van der Waals surface area contributed by atoms with Gasteiger partial charge in [0.25, 0.3) is 10.1 Å². The summed E-state index contributed by atoms with van der Waals surface area (Å²) in [5, 5.41) is 2.16. The van der Waals surface area contributed by atoms with Gasteiger partial charge >= 0.3 is 0 Å². The topological polar surface area (TPSA) is 72.8 Å². The molecule has 0 spiro atoms. The molecule has 28 heavy (non-hydrogen) atoms. The summed E-state index contributed by atoms with van der Waals surface area (Å²) in [6.45, 7) is 0. The maximum Gasteiger partial charge on any atom is 0.295 e.